The van der Waals surface area contributed by atoms with Crippen LogP contribution in [0.15, 0.2) is 11.6 Å². The lowest BCUT2D eigenvalue weighted by Gasteiger charge is -2.63. The number of allylic oxidation sites excluding steroid dienone is 1. The van der Waals surface area contributed by atoms with Crippen molar-refractivity contribution in [1.29, 1.82) is 0 Å². The van der Waals surface area contributed by atoms with Crippen molar-refractivity contribution in [3.05, 3.63) is 11.6 Å². The minimum absolute atomic E-state index is 0.0249. The molecule has 0 saturated heterocycles. The summed E-state index contributed by atoms with van der Waals surface area (Å²) in [7, 11) is 0. The summed E-state index contributed by atoms with van der Waals surface area (Å²) in [5.74, 6) is 1.63. The second kappa shape index (κ2) is 8.10. The van der Waals surface area contributed by atoms with Crippen LogP contribution in [0.3, 0.4) is 0 Å². The topological polar surface area (TPSA) is 43.4 Å². The van der Waals surface area contributed by atoms with E-state index in [0.29, 0.717) is 35.9 Å². The molecule has 3 nitrogen and oxygen atoms in total. The van der Waals surface area contributed by atoms with Crippen LogP contribution in [0.5, 0.6) is 0 Å². The van der Waals surface area contributed by atoms with Crippen LogP contribution < -0.4 is 0 Å². The van der Waals surface area contributed by atoms with E-state index >= 15 is 0 Å². The number of rotatable bonds is 6. The number of ether oxygens (including phenoxy) is 1. The van der Waals surface area contributed by atoms with Gasteiger partial charge >= 0.3 is 5.97 Å². The lowest BCUT2D eigenvalue weighted by Crippen LogP contribution is -2.57. The van der Waals surface area contributed by atoms with Gasteiger partial charge in [-0.3, -0.25) is 9.59 Å². The molecule has 0 bridgehead atoms. The van der Waals surface area contributed by atoms with E-state index in [1.54, 1.807) is 0 Å². The molecule has 4 rings (SSSR count). The third kappa shape index (κ3) is 3.48. The largest absolute Gasteiger partial charge is 0.462 e. The van der Waals surface area contributed by atoms with Crippen LogP contribution >= 0.6 is 0 Å². The Morgan fingerprint density at radius 1 is 0.967 bits per heavy atom. The number of esters is 1. The molecule has 3 saturated carbocycles. The monoisotopic (exact) mass is 414 g/mol. The summed E-state index contributed by atoms with van der Waals surface area (Å²) in [6.45, 7) is 9.59. The zero-order valence-electron chi connectivity index (χ0n) is 19.7. The summed E-state index contributed by atoms with van der Waals surface area (Å²) in [5, 5.41) is 0. The third-order valence-electron chi connectivity index (χ3n) is 9.98. The van der Waals surface area contributed by atoms with Gasteiger partial charge in [0.05, 0.1) is 0 Å². The zero-order chi connectivity index (χ0) is 21.6. The predicted octanol–water partition coefficient (Wildman–Crippen LogP) is 6.79. The fourth-order valence-corrected chi connectivity index (χ4v) is 8.28. The molecule has 0 heterocycles. The average molecular weight is 415 g/mol. The molecule has 0 aromatic heterocycles. The van der Waals surface area contributed by atoms with E-state index < -0.39 is 0 Å². The number of ketones is 1. The number of carbonyl (C=O) groups excluding carboxylic acids is 2. The maximum atomic E-state index is 12.5. The van der Waals surface area contributed by atoms with Gasteiger partial charge in [0.25, 0.3) is 0 Å². The first-order valence-electron chi connectivity index (χ1n) is 12.7. The molecular formula is C27H42O3. The molecule has 0 N–H and O–H groups in total. The van der Waals surface area contributed by atoms with Crippen LogP contribution in [0.25, 0.3) is 0 Å². The van der Waals surface area contributed by atoms with Crippen molar-refractivity contribution < 1.29 is 14.3 Å². The van der Waals surface area contributed by atoms with Crippen LogP contribution in [0.4, 0.5) is 0 Å². The molecule has 0 aliphatic heterocycles. The Kier molecular flexibility index (Phi) is 5.96. The molecular weight excluding hydrogens is 372 g/mol. The van der Waals surface area contributed by atoms with E-state index in [0.717, 1.165) is 38.5 Å². The molecule has 0 aromatic rings. The Morgan fingerprint density at radius 3 is 2.53 bits per heavy atom. The molecule has 0 radical (unpaired) electrons. The lowest BCUT2D eigenvalue weighted by molar-refractivity contribution is -0.167. The smallest absolute Gasteiger partial charge is 0.306 e. The fourth-order valence-electron chi connectivity index (χ4n) is 8.28. The highest BCUT2D eigenvalue weighted by Crippen LogP contribution is 2.70. The number of unbranched alkanes of at least 4 members (excludes halogenated alkanes) is 3. The Balaban J connectivity index is 1.48. The van der Waals surface area contributed by atoms with Gasteiger partial charge in [-0.25, -0.2) is 0 Å². The second-order valence-corrected chi connectivity index (χ2v) is 11.6. The highest BCUT2D eigenvalue weighted by atomic mass is 16.5. The third-order valence-corrected chi connectivity index (χ3v) is 9.98. The molecule has 4 aliphatic rings. The fraction of sp³-hybridized carbons (Fsp3) is 0.852. The summed E-state index contributed by atoms with van der Waals surface area (Å²) in [4.78, 5) is 24.6. The number of hydrogen-bond donors (Lipinski definition) is 0. The van der Waals surface area contributed by atoms with Gasteiger partial charge in [-0.15, -0.1) is 0 Å². The molecule has 3 heteroatoms. The Bertz CT molecular complexity index is 724. The Labute approximate surface area is 183 Å². The summed E-state index contributed by atoms with van der Waals surface area (Å²) in [6, 6.07) is 0. The van der Waals surface area contributed by atoms with Crippen LogP contribution in [0.1, 0.15) is 111 Å². The van der Waals surface area contributed by atoms with Crippen molar-refractivity contribution in [2.75, 3.05) is 0 Å². The molecule has 3 unspecified atom stereocenters. The molecule has 30 heavy (non-hydrogen) atoms. The molecule has 3 fully saturated rings. The van der Waals surface area contributed by atoms with Crippen molar-refractivity contribution >= 4 is 11.8 Å². The van der Waals surface area contributed by atoms with Crippen molar-refractivity contribution in [3.8, 4) is 0 Å². The maximum absolute atomic E-state index is 12.5. The van der Waals surface area contributed by atoms with Crippen molar-refractivity contribution in [2.24, 2.45) is 28.1 Å². The Hall–Kier alpha value is -1.12. The SMILES string of the molecule is CCCCCCC(=O)O[C@H]1CCC2C3(C)CCC4=CC(=O)CC[C@]4(C)C3CC[C@@]21C. The van der Waals surface area contributed by atoms with Crippen LogP contribution in [0, 0.1) is 28.1 Å². The van der Waals surface area contributed by atoms with E-state index in [1.165, 1.54) is 37.7 Å². The van der Waals surface area contributed by atoms with Crippen molar-refractivity contribution in [1.82, 2.24) is 0 Å². The number of carbonyl (C=O) groups is 2. The summed E-state index contributed by atoms with van der Waals surface area (Å²) >= 11 is 0. The van der Waals surface area contributed by atoms with E-state index in [4.69, 9.17) is 4.74 Å². The first-order chi connectivity index (χ1) is 14.2. The van der Waals surface area contributed by atoms with Crippen LogP contribution in [-0.4, -0.2) is 17.9 Å². The van der Waals surface area contributed by atoms with Gasteiger partial charge in [0.15, 0.2) is 5.78 Å². The minimum atomic E-state index is 0.0249. The van der Waals surface area contributed by atoms with E-state index in [-0.39, 0.29) is 22.9 Å². The highest BCUT2D eigenvalue weighted by molar-refractivity contribution is 5.91. The normalized spacial score (nSPS) is 42.7. The van der Waals surface area contributed by atoms with Gasteiger partial charge in [-0.1, -0.05) is 52.5 Å². The van der Waals surface area contributed by atoms with Gasteiger partial charge in [-0.2, -0.15) is 0 Å². The number of fused-ring (bicyclic) bond motifs is 5. The highest BCUT2D eigenvalue weighted by Gasteiger charge is 2.64. The van der Waals surface area contributed by atoms with E-state index in [2.05, 4.69) is 27.7 Å². The van der Waals surface area contributed by atoms with Crippen LogP contribution in [0.2, 0.25) is 0 Å². The zero-order valence-corrected chi connectivity index (χ0v) is 19.7. The van der Waals surface area contributed by atoms with Crippen molar-refractivity contribution in [3.63, 3.8) is 0 Å². The summed E-state index contributed by atoms with van der Waals surface area (Å²) < 4.78 is 6.14. The predicted molar refractivity (Wildman–Crippen MR) is 120 cm³/mol. The van der Waals surface area contributed by atoms with Gasteiger partial charge in [0.2, 0.25) is 0 Å². The van der Waals surface area contributed by atoms with E-state index in [9.17, 15) is 9.59 Å². The second-order valence-electron chi connectivity index (χ2n) is 11.6. The quantitative estimate of drug-likeness (QED) is 0.355. The van der Waals surface area contributed by atoms with Gasteiger partial charge in [-0.05, 0) is 80.1 Å². The summed E-state index contributed by atoms with van der Waals surface area (Å²) in [6.07, 6.45) is 15.7. The molecule has 6 atom stereocenters. The maximum Gasteiger partial charge on any atom is 0.306 e. The van der Waals surface area contributed by atoms with Gasteiger partial charge in [0.1, 0.15) is 6.10 Å². The molecule has 0 amide bonds. The molecule has 0 spiro atoms. The number of hydrogen-bond acceptors (Lipinski definition) is 3. The molecule has 168 valence electrons. The Morgan fingerprint density at radius 2 is 1.77 bits per heavy atom. The van der Waals surface area contributed by atoms with Gasteiger partial charge < -0.3 is 4.74 Å². The van der Waals surface area contributed by atoms with Gasteiger partial charge in [0, 0.05) is 18.3 Å². The first-order valence-corrected chi connectivity index (χ1v) is 12.7. The molecule has 4 aliphatic carbocycles. The van der Waals surface area contributed by atoms with Crippen LogP contribution in [-0.2, 0) is 14.3 Å². The molecule has 0 aromatic carbocycles. The lowest BCUT2D eigenvalue weighted by atomic mass is 9.41. The summed E-state index contributed by atoms with van der Waals surface area (Å²) in [5.41, 5.74) is 2.03. The average Bonchev–Trinajstić information content (AvgIpc) is 3.03. The minimum Gasteiger partial charge on any atom is -0.462 e. The first kappa shape index (κ1) is 22.1. The van der Waals surface area contributed by atoms with Crippen molar-refractivity contribution in [2.45, 2.75) is 117 Å². The standard InChI is InChI=1S/C27H42O3/c1-5-6-7-8-9-24(29)30-23-11-10-21-26(3)15-12-19-18-20(28)13-16-25(19,2)22(26)14-17-27(21,23)4/h18,21-23H,5-17H2,1-4H3/t21?,22?,23-,25-,26?,27-/m0/s1. The van der Waals surface area contributed by atoms with E-state index in [1.807, 2.05) is 6.08 Å².